The molecule has 0 N–H and O–H groups in total. The van der Waals surface area contributed by atoms with E-state index < -0.39 is 0 Å². The lowest BCUT2D eigenvalue weighted by Crippen LogP contribution is -2.30. The van der Waals surface area contributed by atoms with Crippen LogP contribution in [0.1, 0.15) is 23.0 Å². The molecular weight excluding hydrogens is 359 g/mol. The van der Waals surface area contributed by atoms with Crippen molar-refractivity contribution >= 4 is 39.8 Å². The van der Waals surface area contributed by atoms with Crippen molar-refractivity contribution in [1.82, 2.24) is 9.88 Å². The topological polar surface area (TPSA) is 33.2 Å². The number of nitrogens with zero attached hydrogens (tertiary/aromatic N) is 2. The predicted molar refractivity (Wildman–Crippen MR) is 81.7 cm³/mol. The van der Waals surface area contributed by atoms with Gasteiger partial charge in [0.05, 0.1) is 20.7 Å². The summed E-state index contributed by atoms with van der Waals surface area (Å²) in [4.78, 5) is 18.4. The zero-order valence-electron chi connectivity index (χ0n) is 9.97. The van der Waals surface area contributed by atoms with Crippen LogP contribution in [0.5, 0.6) is 0 Å². The molecule has 0 radical (unpaired) electrons. The molecule has 0 unspecified atom stereocenters. The highest BCUT2D eigenvalue weighted by Crippen LogP contribution is 2.18. The maximum Gasteiger partial charge on any atom is 0.255 e. The first-order chi connectivity index (χ1) is 8.70. The van der Waals surface area contributed by atoms with E-state index in [0.717, 1.165) is 14.1 Å². The van der Waals surface area contributed by atoms with Gasteiger partial charge in [-0.1, -0.05) is 6.07 Å². The number of rotatable bonds is 4. The second kappa shape index (κ2) is 6.29. The molecule has 0 spiro atoms. The molecular formula is C13H13IN2OS. The molecule has 1 amide bonds. The summed E-state index contributed by atoms with van der Waals surface area (Å²) in [5, 5.41) is 1.91. The van der Waals surface area contributed by atoms with Crippen LogP contribution >= 0.6 is 33.9 Å². The number of thiophene rings is 1. The largest absolute Gasteiger partial charge is 0.333 e. The average Bonchev–Trinajstić information content (AvgIpc) is 2.83. The second-order valence-electron chi connectivity index (χ2n) is 3.78. The molecule has 0 bridgehead atoms. The molecule has 0 aromatic carbocycles. The molecule has 94 valence electrons. The third kappa shape index (κ3) is 3.29. The molecule has 0 aliphatic heterocycles. The van der Waals surface area contributed by atoms with Crippen LogP contribution in [0.4, 0.5) is 0 Å². The summed E-state index contributed by atoms with van der Waals surface area (Å²) in [7, 11) is 0. The first-order valence-corrected chi connectivity index (χ1v) is 7.59. The molecule has 2 rings (SSSR count). The Kier molecular flexibility index (Phi) is 4.71. The van der Waals surface area contributed by atoms with E-state index in [9.17, 15) is 4.79 Å². The van der Waals surface area contributed by atoms with Crippen molar-refractivity contribution < 1.29 is 4.79 Å². The minimum Gasteiger partial charge on any atom is -0.333 e. The van der Waals surface area contributed by atoms with E-state index in [1.54, 1.807) is 22.4 Å². The highest BCUT2D eigenvalue weighted by atomic mass is 127. The first kappa shape index (κ1) is 13.5. The number of carbonyl (C=O) groups is 1. The zero-order valence-corrected chi connectivity index (χ0v) is 12.9. The standard InChI is InChI=1S/C13H13IN2OS/c1-2-16(8-11-5-3-4-6-15-11)13(17)10-7-12(14)18-9-10/h3-7,9H,2,8H2,1H3. The van der Waals surface area contributed by atoms with E-state index in [2.05, 4.69) is 27.6 Å². The maximum atomic E-state index is 12.3. The van der Waals surface area contributed by atoms with Gasteiger partial charge < -0.3 is 4.90 Å². The van der Waals surface area contributed by atoms with Crippen molar-refractivity contribution in [3.8, 4) is 0 Å². The Hall–Kier alpha value is -0.950. The highest BCUT2D eigenvalue weighted by Gasteiger charge is 2.16. The fourth-order valence-corrected chi connectivity index (χ4v) is 2.94. The third-order valence-electron chi connectivity index (χ3n) is 2.56. The summed E-state index contributed by atoms with van der Waals surface area (Å²) in [5.41, 5.74) is 1.68. The van der Waals surface area contributed by atoms with Crippen LogP contribution in [-0.2, 0) is 6.54 Å². The Bertz CT molecular complexity index is 527. The summed E-state index contributed by atoms with van der Waals surface area (Å²) in [6.45, 7) is 3.22. The Morgan fingerprint density at radius 1 is 1.50 bits per heavy atom. The Morgan fingerprint density at radius 2 is 2.33 bits per heavy atom. The van der Waals surface area contributed by atoms with Crippen molar-refractivity contribution in [3.63, 3.8) is 0 Å². The molecule has 0 aliphatic rings. The van der Waals surface area contributed by atoms with Crippen molar-refractivity contribution in [2.75, 3.05) is 6.54 Å². The summed E-state index contributed by atoms with van der Waals surface area (Å²) >= 11 is 3.82. The zero-order chi connectivity index (χ0) is 13.0. The van der Waals surface area contributed by atoms with E-state index in [1.807, 2.05) is 36.6 Å². The van der Waals surface area contributed by atoms with Crippen LogP contribution in [-0.4, -0.2) is 22.3 Å². The third-order valence-corrected chi connectivity index (χ3v) is 4.35. The van der Waals surface area contributed by atoms with Gasteiger partial charge in [0.2, 0.25) is 0 Å². The molecule has 0 fully saturated rings. The van der Waals surface area contributed by atoms with E-state index in [0.29, 0.717) is 13.1 Å². The van der Waals surface area contributed by atoms with Gasteiger partial charge in [0.25, 0.3) is 5.91 Å². The van der Waals surface area contributed by atoms with Crippen LogP contribution < -0.4 is 0 Å². The lowest BCUT2D eigenvalue weighted by atomic mass is 10.2. The van der Waals surface area contributed by atoms with Crippen LogP contribution in [0.3, 0.4) is 0 Å². The number of hydrogen-bond acceptors (Lipinski definition) is 3. The first-order valence-electron chi connectivity index (χ1n) is 5.64. The summed E-state index contributed by atoms with van der Waals surface area (Å²) in [5.74, 6) is 0.0716. The molecule has 2 aromatic rings. The smallest absolute Gasteiger partial charge is 0.255 e. The molecule has 0 aliphatic carbocycles. The van der Waals surface area contributed by atoms with Gasteiger partial charge in [-0.05, 0) is 47.7 Å². The molecule has 5 heteroatoms. The minimum absolute atomic E-state index is 0.0716. The molecule has 18 heavy (non-hydrogen) atoms. The van der Waals surface area contributed by atoms with Gasteiger partial charge in [0, 0.05) is 18.1 Å². The second-order valence-corrected chi connectivity index (χ2v) is 6.59. The van der Waals surface area contributed by atoms with Crippen LogP contribution in [0.15, 0.2) is 35.8 Å². The molecule has 0 saturated heterocycles. The number of amides is 1. The molecule has 0 atom stereocenters. The highest BCUT2D eigenvalue weighted by molar-refractivity contribution is 14.1. The van der Waals surface area contributed by atoms with Gasteiger partial charge in [0.15, 0.2) is 0 Å². The van der Waals surface area contributed by atoms with Gasteiger partial charge in [-0.15, -0.1) is 11.3 Å². The van der Waals surface area contributed by atoms with E-state index in [-0.39, 0.29) is 5.91 Å². The van der Waals surface area contributed by atoms with Gasteiger partial charge in [-0.25, -0.2) is 0 Å². The summed E-state index contributed by atoms with van der Waals surface area (Å²) < 4.78 is 1.13. The fraction of sp³-hybridized carbons (Fsp3) is 0.231. The Morgan fingerprint density at radius 3 is 2.89 bits per heavy atom. The number of hydrogen-bond donors (Lipinski definition) is 0. The monoisotopic (exact) mass is 372 g/mol. The molecule has 3 nitrogen and oxygen atoms in total. The Balaban J connectivity index is 2.12. The van der Waals surface area contributed by atoms with E-state index >= 15 is 0 Å². The van der Waals surface area contributed by atoms with Crippen molar-refractivity contribution in [2.45, 2.75) is 13.5 Å². The van der Waals surface area contributed by atoms with Crippen LogP contribution in [0.25, 0.3) is 0 Å². The summed E-state index contributed by atoms with van der Waals surface area (Å²) in [6.07, 6.45) is 1.75. The number of halogens is 1. The Labute approximate surface area is 124 Å². The number of carbonyl (C=O) groups excluding carboxylic acids is 1. The molecule has 2 aromatic heterocycles. The van der Waals surface area contributed by atoms with Gasteiger partial charge in [-0.3, -0.25) is 9.78 Å². The van der Waals surface area contributed by atoms with Gasteiger partial charge in [-0.2, -0.15) is 0 Å². The summed E-state index contributed by atoms with van der Waals surface area (Å²) in [6, 6.07) is 7.68. The molecule has 0 saturated carbocycles. The van der Waals surface area contributed by atoms with Gasteiger partial charge >= 0.3 is 0 Å². The number of pyridine rings is 1. The van der Waals surface area contributed by atoms with E-state index in [1.165, 1.54) is 0 Å². The van der Waals surface area contributed by atoms with Crippen molar-refractivity contribution in [3.05, 3.63) is 50.0 Å². The van der Waals surface area contributed by atoms with Crippen LogP contribution in [0.2, 0.25) is 0 Å². The van der Waals surface area contributed by atoms with Gasteiger partial charge in [0.1, 0.15) is 0 Å². The predicted octanol–water partition coefficient (Wildman–Crippen LogP) is 3.41. The van der Waals surface area contributed by atoms with Crippen molar-refractivity contribution in [1.29, 1.82) is 0 Å². The van der Waals surface area contributed by atoms with E-state index in [4.69, 9.17) is 0 Å². The lowest BCUT2D eigenvalue weighted by Gasteiger charge is -2.19. The fourth-order valence-electron chi connectivity index (χ4n) is 1.62. The SMILES string of the molecule is CCN(Cc1ccccn1)C(=O)c1csc(I)c1. The normalized spacial score (nSPS) is 10.3. The average molecular weight is 372 g/mol. The minimum atomic E-state index is 0.0716. The van der Waals surface area contributed by atoms with Crippen LogP contribution in [0, 0.1) is 2.88 Å². The number of aromatic nitrogens is 1. The lowest BCUT2D eigenvalue weighted by molar-refractivity contribution is 0.0751. The molecule has 2 heterocycles. The van der Waals surface area contributed by atoms with Crippen molar-refractivity contribution in [2.24, 2.45) is 0 Å². The maximum absolute atomic E-state index is 12.3. The quantitative estimate of drug-likeness (QED) is 0.771.